The number of rotatable bonds is 4. The zero-order valence-electron chi connectivity index (χ0n) is 18.3. The van der Waals surface area contributed by atoms with Crippen molar-refractivity contribution < 1.29 is 4.79 Å². The first-order valence-corrected chi connectivity index (χ1v) is 11.3. The van der Waals surface area contributed by atoms with Crippen molar-refractivity contribution in [3.05, 3.63) is 52.0 Å². The molecule has 0 saturated carbocycles. The second-order valence-electron chi connectivity index (χ2n) is 8.78. The SMILES string of the molecule is Cc1nc2cccc(C(=O)N3CCCC(C)(C)C3CNc3ncc(Br)cn3)c2nc1C. The molecule has 1 fully saturated rings. The van der Waals surface area contributed by atoms with E-state index in [4.69, 9.17) is 4.98 Å². The number of piperidine rings is 1. The first-order chi connectivity index (χ1) is 14.8. The Bertz CT molecular complexity index is 1110. The highest BCUT2D eigenvalue weighted by atomic mass is 79.9. The van der Waals surface area contributed by atoms with Crippen LogP contribution < -0.4 is 5.32 Å². The monoisotopic (exact) mass is 482 g/mol. The molecule has 1 aliphatic heterocycles. The lowest BCUT2D eigenvalue weighted by atomic mass is 9.76. The summed E-state index contributed by atoms with van der Waals surface area (Å²) in [6.07, 6.45) is 5.45. The molecule has 162 valence electrons. The summed E-state index contributed by atoms with van der Waals surface area (Å²) in [5, 5.41) is 3.32. The summed E-state index contributed by atoms with van der Waals surface area (Å²) in [5.41, 5.74) is 3.71. The van der Waals surface area contributed by atoms with Crippen molar-refractivity contribution in [1.29, 1.82) is 0 Å². The number of fused-ring (bicyclic) bond motifs is 1. The Morgan fingerprint density at radius 1 is 1.19 bits per heavy atom. The summed E-state index contributed by atoms with van der Waals surface area (Å²) >= 11 is 3.36. The number of benzene rings is 1. The van der Waals surface area contributed by atoms with E-state index in [0.717, 1.165) is 34.2 Å². The molecule has 1 atom stereocenters. The van der Waals surface area contributed by atoms with Gasteiger partial charge in [0.25, 0.3) is 5.91 Å². The van der Waals surface area contributed by atoms with Crippen LogP contribution in [-0.4, -0.2) is 49.9 Å². The number of likely N-dealkylation sites (tertiary alicyclic amines) is 1. The average Bonchev–Trinajstić information content (AvgIpc) is 2.73. The summed E-state index contributed by atoms with van der Waals surface area (Å²) in [6, 6.07) is 5.65. The molecule has 1 N–H and O–H groups in total. The van der Waals surface area contributed by atoms with Crippen molar-refractivity contribution >= 4 is 38.8 Å². The number of anilines is 1. The molecule has 2 aromatic heterocycles. The summed E-state index contributed by atoms with van der Waals surface area (Å²) in [6.45, 7) is 9.60. The largest absolute Gasteiger partial charge is 0.352 e. The second-order valence-corrected chi connectivity index (χ2v) is 9.70. The van der Waals surface area contributed by atoms with Crippen LogP contribution in [0.4, 0.5) is 5.95 Å². The van der Waals surface area contributed by atoms with Crippen molar-refractivity contribution in [3.8, 4) is 0 Å². The van der Waals surface area contributed by atoms with Gasteiger partial charge in [-0.15, -0.1) is 0 Å². The first-order valence-electron chi connectivity index (χ1n) is 10.5. The van der Waals surface area contributed by atoms with Gasteiger partial charge in [0.2, 0.25) is 5.95 Å². The zero-order valence-corrected chi connectivity index (χ0v) is 19.9. The fraction of sp³-hybridized carbons (Fsp3) is 0.435. The Balaban J connectivity index is 1.65. The molecule has 1 saturated heterocycles. The molecule has 8 heteroatoms. The summed E-state index contributed by atoms with van der Waals surface area (Å²) < 4.78 is 0.829. The third-order valence-corrected chi connectivity index (χ3v) is 6.58. The highest BCUT2D eigenvalue weighted by Gasteiger charge is 2.40. The maximum Gasteiger partial charge on any atom is 0.256 e. The quantitative estimate of drug-likeness (QED) is 0.587. The molecule has 3 heterocycles. The van der Waals surface area contributed by atoms with Gasteiger partial charge in [-0.1, -0.05) is 19.9 Å². The van der Waals surface area contributed by atoms with Crippen LogP contribution in [0.15, 0.2) is 35.1 Å². The lowest BCUT2D eigenvalue weighted by Crippen LogP contribution is -2.55. The number of hydrogen-bond donors (Lipinski definition) is 1. The number of aryl methyl sites for hydroxylation is 2. The van der Waals surface area contributed by atoms with Gasteiger partial charge < -0.3 is 10.2 Å². The molecule has 1 aliphatic rings. The van der Waals surface area contributed by atoms with Crippen LogP contribution >= 0.6 is 15.9 Å². The van der Waals surface area contributed by atoms with Gasteiger partial charge in [0, 0.05) is 25.5 Å². The van der Waals surface area contributed by atoms with Gasteiger partial charge in [0.15, 0.2) is 0 Å². The van der Waals surface area contributed by atoms with E-state index in [9.17, 15) is 4.79 Å². The van der Waals surface area contributed by atoms with Crippen LogP contribution in [0.1, 0.15) is 48.4 Å². The fourth-order valence-electron chi connectivity index (χ4n) is 4.25. The van der Waals surface area contributed by atoms with E-state index in [-0.39, 0.29) is 17.4 Å². The standard InChI is InChI=1S/C23H27BrN6O/c1-14-15(2)29-20-17(7-5-8-18(20)28-14)21(31)30-10-6-9-23(3,4)19(30)13-27-22-25-11-16(24)12-26-22/h5,7-8,11-12,19H,6,9-10,13H2,1-4H3,(H,25,26,27). The third kappa shape index (κ3) is 4.39. The van der Waals surface area contributed by atoms with Crippen molar-refractivity contribution in [2.75, 3.05) is 18.4 Å². The number of para-hydroxylation sites is 1. The van der Waals surface area contributed by atoms with Crippen molar-refractivity contribution in [2.45, 2.75) is 46.6 Å². The number of aromatic nitrogens is 4. The van der Waals surface area contributed by atoms with Crippen molar-refractivity contribution in [2.24, 2.45) is 5.41 Å². The van der Waals surface area contributed by atoms with E-state index < -0.39 is 0 Å². The first kappa shape index (κ1) is 21.6. The van der Waals surface area contributed by atoms with Crippen LogP contribution in [0.25, 0.3) is 11.0 Å². The molecule has 1 amide bonds. The molecule has 0 bridgehead atoms. The summed E-state index contributed by atoms with van der Waals surface area (Å²) in [7, 11) is 0. The number of nitrogens with one attached hydrogen (secondary N) is 1. The Morgan fingerprint density at radius 2 is 1.90 bits per heavy atom. The highest BCUT2D eigenvalue weighted by Crippen LogP contribution is 2.36. The molecular weight excluding hydrogens is 456 g/mol. The number of halogens is 1. The lowest BCUT2D eigenvalue weighted by molar-refractivity contribution is 0.0321. The molecule has 3 aromatic rings. The molecule has 0 spiro atoms. The molecular formula is C23H27BrN6O. The number of carbonyl (C=O) groups is 1. The number of amides is 1. The van der Waals surface area contributed by atoms with Crippen LogP contribution in [0, 0.1) is 19.3 Å². The Labute approximate surface area is 190 Å². The maximum absolute atomic E-state index is 13.8. The van der Waals surface area contributed by atoms with Crippen molar-refractivity contribution in [3.63, 3.8) is 0 Å². The second kappa shape index (κ2) is 8.49. The van der Waals surface area contributed by atoms with Crippen LogP contribution in [0.2, 0.25) is 0 Å². The van der Waals surface area contributed by atoms with E-state index in [1.807, 2.05) is 36.9 Å². The Hall–Kier alpha value is -2.61. The van der Waals surface area contributed by atoms with E-state index in [1.54, 1.807) is 12.4 Å². The highest BCUT2D eigenvalue weighted by molar-refractivity contribution is 9.10. The Morgan fingerprint density at radius 3 is 2.65 bits per heavy atom. The van der Waals surface area contributed by atoms with Crippen LogP contribution in [0.5, 0.6) is 0 Å². The van der Waals surface area contributed by atoms with Gasteiger partial charge >= 0.3 is 0 Å². The van der Waals surface area contributed by atoms with Gasteiger partial charge in [0.05, 0.1) is 33.0 Å². The molecule has 7 nitrogen and oxygen atoms in total. The van der Waals surface area contributed by atoms with E-state index in [0.29, 0.717) is 30.1 Å². The Kier molecular flexibility index (Phi) is 5.92. The minimum atomic E-state index is -0.0426. The predicted octanol–water partition coefficient (Wildman–Crippen LogP) is 4.54. The van der Waals surface area contributed by atoms with E-state index in [2.05, 4.69) is 50.0 Å². The fourth-order valence-corrected chi connectivity index (χ4v) is 4.45. The van der Waals surface area contributed by atoms with Gasteiger partial charge in [-0.05, 0) is 60.2 Å². The number of carbonyl (C=O) groups excluding carboxylic acids is 1. The van der Waals surface area contributed by atoms with Gasteiger partial charge in [0.1, 0.15) is 5.52 Å². The van der Waals surface area contributed by atoms with E-state index in [1.165, 1.54) is 0 Å². The molecule has 0 radical (unpaired) electrons. The smallest absolute Gasteiger partial charge is 0.256 e. The lowest BCUT2D eigenvalue weighted by Gasteiger charge is -2.46. The summed E-state index contributed by atoms with van der Waals surface area (Å²) in [4.78, 5) is 33.7. The zero-order chi connectivity index (χ0) is 22.2. The number of hydrogen-bond acceptors (Lipinski definition) is 6. The molecule has 1 unspecified atom stereocenters. The van der Waals surface area contributed by atoms with Crippen molar-refractivity contribution in [1.82, 2.24) is 24.8 Å². The maximum atomic E-state index is 13.8. The van der Waals surface area contributed by atoms with Crippen LogP contribution in [0.3, 0.4) is 0 Å². The van der Waals surface area contributed by atoms with Crippen LogP contribution in [-0.2, 0) is 0 Å². The van der Waals surface area contributed by atoms with Gasteiger partial charge in [-0.2, -0.15) is 0 Å². The molecule has 4 rings (SSSR count). The minimum Gasteiger partial charge on any atom is -0.352 e. The molecule has 1 aromatic carbocycles. The third-order valence-electron chi connectivity index (χ3n) is 6.17. The predicted molar refractivity (Wildman–Crippen MR) is 125 cm³/mol. The minimum absolute atomic E-state index is 0.000507. The van der Waals surface area contributed by atoms with Gasteiger partial charge in [-0.3, -0.25) is 4.79 Å². The number of nitrogens with zero attached hydrogens (tertiary/aromatic N) is 5. The topological polar surface area (TPSA) is 83.9 Å². The van der Waals surface area contributed by atoms with E-state index >= 15 is 0 Å². The normalized spacial score (nSPS) is 18.2. The molecule has 0 aliphatic carbocycles. The molecule has 31 heavy (non-hydrogen) atoms. The summed E-state index contributed by atoms with van der Waals surface area (Å²) in [5.74, 6) is 0.554. The average molecular weight is 483 g/mol. The van der Waals surface area contributed by atoms with Gasteiger partial charge in [-0.25, -0.2) is 19.9 Å².